The van der Waals surface area contributed by atoms with Crippen molar-refractivity contribution in [2.24, 2.45) is 5.92 Å². The van der Waals surface area contributed by atoms with Gasteiger partial charge in [-0.3, -0.25) is 0 Å². The lowest BCUT2D eigenvalue weighted by molar-refractivity contribution is 0.146. The number of benzene rings is 2. The standard InChI is InChI=1S/C17H22N2O2/c1-21-17-7-6-12(14-4-2-3-5-15(14)17)8-18-9-13-10-19-11-16(13)20/h2-7,13,16,18-20H,8-11H2,1H3. The van der Waals surface area contributed by atoms with Crippen molar-refractivity contribution in [2.75, 3.05) is 26.7 Å². The van der Waals surface area contributed by atoms with E-state index in [1.165, 1.54) is 10.9 Å². The Morgan fingerprint density at radius 3 is 2.71 bits per heavy atom. The number of ether oxygens (including phenoxy) is 1. The number of rotatable bonds is 5. The van der Waals surface area contributed by atoms with Gasteiger partial charge in [0.05, 0.1) is 13.2 Å². The van der Waals surface area contributed by atoms with Crippen LogP contribution in [0.4, 0.5) is 0 Å². The van der Waals surface area contributed by atoms with E-state index in [4.69, 9.17) is 4.74 Å². The van der Waals surface area contributed by atoms with Crippen LogP contribution in [0, 0.1) is 5.92 Å². The first-order valence-corrected chi connectivity index (χ1v) is 7.43. The molecule has 1 fully saturated rings. The van der Waals surface area contributed by atoms with E-state index in [0.717, 1.165) is 30.8 Å². The van der Waals surface area contributed by atoms with Crippen molar-refractivity contribution >= 4 is 10.8 Å². The molecule has 0 saturated carbocycles. The molecule has 0 aliphatic carbocycles. The van der Waals surface area contributed by atoms with Crippen molar-refractivity contribution in [3.8, 4) is 5.75 Å². The molecular weight excluding hydrogens is 264 g/mol. The second-order valence-corrected chi connectivity index (χ2v) is 5.59. The van der Waals surface area contributed by atoms with Gasteiger partial charge in [-0.1, -0.05) is 30.3 Å². The van der Waals surface area contributed by atoms with Crippen LogP contribution < -0.4 is 15.4 Å². The number of fused-ring (bicyclic) bond motifs is 1. The molecule has 2 unspecified atom stereocenters. The first-order valence-electron chi connectivity index (χ1n) is 7.43. The highest BCUT2D eigenvalue weighted by atomic mass is 16.5. The summed E-state index contributed by atoms with van der Waals surface area (Å²) >= 11 is 0. The van der Waals surface area contributed by atoms with Crippen molar-refractivity contribution in [1.29, 1.82) is 0 Å². The number of methoxy groups -OCH3 is 1. The highest BCUT2D eigenvalue weighted by Crippen LogP contribution is 2.28. The fraction of sp³-hybridized carbons (Fsp3) is 0.412. The maximum absolute atomic E-state index is 9.81. The Hall–Kier alpha value is -1.62. The molecule has 0 aromatic heterocycles. The molecule has 0 amide bonds. The van der Waals surface area contributed by atoms with Gasteiger partial charge in [0.15, 0.2) is 0 Å². The fourth-order valence-corrected chi connectivity index (χ4v) is 2.99. The zero-order valence-electron chi connectivity index (χ0n) is 12.3. The number of aliphatic hydroxyl groups is 1. The van der Waals surface area contributed by atoms with E-state index in [2.05, 4.69) is 34.9 Å². The summed E-state index contributed by atoms with van der Waals surface area (Å²) in [4.78, 5) is 0. The molecular formula is C17H22N2O2. The molecule has 1 aliphatic heterocycles. The van der Waals surface area contributed by atoms with Crippen molar-refractivity contribution in [2.45, 2.75) is 12.6 Å². The highest BCUT2D eigenvalue weighted by Gasteiger charge is 2.24. The summed E-state index contributed by atoms with van der Waals surface area (Å²) < 4.78 is 5.42. The van der Waals surface area contributed by atoms with Crippen LogP contribution in [0.25, 0.3) is 10.8 Å². The Balaban J connectivity index is 1.72. The lowest BCUT2D eigenvalue weighted by atomic mass is 10.0. The van der Waals surface area contributed by atoms with E-state index < -0.39 is 0 Å². The van der Waals surface area contributed by atoms with Crippen molar-refractivity contribution in [1.82, 2.24) is 10.6 Å². The average Bonchev–Trinajstić information content (AvgIpc) is 2.93. The minimum absolute atomic E-state index is 0.231. The van der Waals surface area contributed by atoms with Crippen LogP contribution in [0.15, 0.2) is 36.4 Å². The van der Waals surface area contributed by atoms with Crippen LogP contribution in [0.5, 0.6) is 5.75 Å². The minimum Gasteiger partial charge on any atom is -0.496 e. The number of hydrogen-bond acceptors (Lipinski definition) is 4. The van der Waals surface area contributed by atoms with Crippen LogP contribution in [0.3, 0.4) is 0 Å². The predicted octanol–water partition coefficient (Wildman–Crippen LogP) is 1.52. The third-order valence-electron chi connectivity index (χ3n) is 4.22. The summed E-state index contributed by atoms with van der Waals surface area (Å²) in [6.45, 7) is 3.22. The largest absolute Gasteiger partial charge is 0.496 e. The van der Waals surface area contributed by atoms with Gasteiger partial charge in [-0.2, -0.15) is 0 Å². The molecule has 1 saturated heterocycles. The number of aliphatic hydroxyl groups excluding tert-OH is 1. The molecule has 0 radical (unpaired) electrons. The summed E-state index contributed by atoms with van der Waals surface area (Å²) in [6.07, 6.45) is -0.231. The van der Waals surface area contributed by atoms with Gasteiger partial charge in [-0.15, -0.1) is 0 Å². The SMILES string of the molecule is COc1ccc(CNCC2CNCC2O)c2ccccc12. The molecule has 1 aliphatic rings. The molecule has 2 atom stereocenters. The normalized spacial score (nSPS) is 21.8. The average molecular weight is 286 g/mol. The van der Waals surface area contributed by atoms with Crippen LogP contribution >= 0.6 is 0 Å². The molecule has 4 heteroatoms. The van der Waals surface area contributed by atoms with Crippen molar-refractivity contribution < 1.29 is 9.84 Å². The van der Waals surface area contributed by atoms with Crippen molar-refractivity contribution in [3.05, 3.63) is 42.0 Å². The monoisotopic (exact) mass is 286 g/mol. The fourth-order valence-electron chi connectivity index (χ4n) is 2.99. The predicted molar refractivity (Wildman–Crippen MR) is 84.6 cm³/mol. The number of hydrogen-bond donors (Lipinski definition) is 3. The lowest BCUT2D eigenvalue weighted by Crippen LogP contribution is -2.30. The van der Waals surface area contributed by atoms with Gasteiger partial charge in [0.25, 0.3) is 0 Å². The molecule has 4 nitrogen and oxygen atoms in total. The van der Waals surface area contributed by atoms with E-state index in [-0.39, 0.29) is 6.10 Å². The van der Waals surface area contributed by atoms with E-state index in [9.17, 15) is 5.11 Å². The van der Waals surface area contributed by atoms with Gasteiger partial charge in [0.1, 0.15) is 5.75 Å². The zero-order valence-corrected chi connectivity index (χ0v) is 12.3. The number of β-amino-alcohol motifs (C(OH)–C–C–N with tert-alkyl or cyclic N) is 1. The van der Waals surface area contributed by atoms with Gasteiger partial charge in [0, 0.05) is 37.5 Å². The second kappa shape index (κ2) is 6.43. The molecule has 2 aromatic rings. The van der Waals surface area contributed by atoms with Crippen LogP contribution in [-0.4, -0.2) is 38.0 Å². The lowest BCUT2D eigenvalue weighted by Gasteiger charge is -2.15. The summed E-state index contributed by atoms with van der Waals surface area (Å²) in [6, 6.07) is 12.4. The third kappa shape index (κ3) is 3.02. The quantitative estimate of drug-likeness (QED) is 0.780. The Morgan fingerprint density at radius 1 is 1.19 bits per heavy atom. The number of nitrogens with one attached hydrogen (secondary N) is 2. The topological polar surface area (TPSA) is 53.5 Å². The van der Waals surface area contributed by atoms with E-state index in [0.29, 0.717) is 12.5 Å². The highest BCUT2D eigenvalue weighted by molar-refractivity contribution is 5.91. The van der Waals surface area contributed by atoms with Crippen LogP contribution in [0.1, 0.15) is 5.56 Å². The second-order valence-electron chi connectivity index (χ2n) is 5.59. The first kappa shape index (κ1) is 14.3. The summed E-state index contributed by atoms with van der Waals surface area (Å²) in [5.74, 6) is 1.21. The maximum atomic E-state index is 9.81. The molecule has 3 rings (SSSR count). The van der Waals surface area contributed by atoms with Gasteiger partial charge in [0.2, 0.25) is 0 Å². The van der Waals surface area contributed by atoms with Crippen LogP contribution in [-0.2, 0) is 6.54 Å². The Kier molecular flexibility index (Phi) is 4.39. The molecule has 0 bridgehead atoms. The third-order valence-corrected chi connectivity index (χ3v) is 4.22. The van der Waals surface area contributed by atoms with Gasteiger partial charge >= 0.3 is 0 Å². The molecule has 21 heavy (non-hydrogen) atoms. The van der Waals surface area contributed by atoms with Gasteiger partial charge in [-0.25, -0.2) is 0 Å². The maximum Gasteiger partial charge on any atom is 0.126 e. The zero-order chi connectivity index (χ0) is 14.7. The van der Waals surface area contributed by atoms with Gasteiger partial charge in [-0.05, 0) is 17.0 Å². The summed E-state index contributed by atoms with van der Waals surface area (Å²) in [5, 5.41) is 18.8. The smallest absolute Gasteiger partial charge is 0.126 e. The minimum atomic E-state index is -0.231. The Morgan fingerprint density at radius 2 is 2.00 bits per heavy atom. The first-order chi connectivity index (χ1) is 10.3. The van der Waals surface area contributed by atoms with E-state index in [1.807, 2.05) is 12.1 Å². The van der Waals surface area contributed by atoms with E-state index in [1.54, 1.807) is 7.11 Å². The van der Waals surface area contributed by atoms with Crippen molar-refractivity contribution in [3.63, 3.8) is 0 Å². The Bertz CT molecular complexity index is 615. The van der Waals surface area contributed by atoms with Gasteiger partial charge < -0.3 is 20.5 Å². The molecule has 1 heterocycles. The molecule has 0 spiro atoms. The molecule has 3 N–H and O–H groups in total. The van der Waals surface area contributed by atoms with Crippen LogP contribution in [0.2, 0.25) is 0 Å². The Labute approximate surface area is 125 Å². The summed E-state index contributed by atoms with van der Waals surface area (Å²) in [5.41, 5.74) is 1.26. The molecule has 112 valence electrons. The van der Waals surface area contributed by atoms with E-state index >= 15 is 0 Å². The summed E-state index contributed by atoms with van der Waals surface area (Å²) in [7, 11) is 1.70. The molecule has 2 aromatic carbocycles.